The Morgan fingerprint density at radius 2 is 1.90 bits per heavy atom. The van der Waals surface area contributed by atoms with Crippen molar-refractivity contribution in [3.05, 3.63) is 12.2 Å². The second kappa shape index (κ2) is 7.07. The highest BCUT2D eigenvalue weighted by Crippen LogP contribution is 2.26. The van der Waals surface area contributed by atoms with Gasteiger partial charge in [0.25, 0.3) is 9.70 Å². The molecule has 1 aliphatic heterocycles. The maximum absolute atomic E-state index is 12.1. The van der Waals surface area contributed by atoms with Gasteiger partial charge in [-0.3, -0.25) is 4.79 Å². The quantitative estimate of drug-likeness (QED) is 0.579. The molecule has 1 rings (SSSR count). The van der Waals surface area contributed by atoms with Crippen LogP contribution in [0, 0.1) is 0 Å². The summed E-state index contributed by atoms with van der Waals surface area (Å²) in [5.41, 5.74) is -0.576. The molecule has 0 saturated heterocycles. The van der Waals surface area contributed by atoms with Crippen LogP contribution in [-0.4, -0.2) is 45.4 Å². The van der Waals surface area contributed by atoms with Crippen molar-refractivity contribution in [3.8, 4) is 0 Å². The van der Waals surface area contributed by atoms with Crippen LogP contribution in [0.25, 0.3) is 0 Å². The number of amides is 2. The summed E-state index contributed by atoms with van der Waals surface area (Å²) >= 11 is 16.6. The van der Waals surface area contributed by atoms with Gasteiger partial charge in [-0.15, -0.1) is 0 Å². The zero-order chi connectivity index (χ0) is 16.3. The highest BCUT2D eigenvalue weighted by Gasteiger charge is 2.33. The Morgan fingerprint density at radius 3 is 2.43 bits per heavy atom. The molecule has 1 aliphatic rings. The van der Waals surface area contributed by atoms with Crippen LogP contribution in [0.1, 0.15) is 27.2 Å². The SMILES string of the molecule is CC(C)(C)OC(=O)N1CCC=CC(NC(=O)C(Cl)(Cl)Cl)C1. The van der Waals surface area contributed by atoms with Crippen LogP contribution in [0.4, 0.5) is 4.79 Å². The van der Waals surface area contributed by atoms with Gasteiger partial charge in [0.2, 0.25) is 0 Å². The van der Waals surface area contributed by atoms with E-state index < -0.39 is 27.4 Å². The molecule has 5 nitrogen and oxygen atoms in total. The molecule has 0 aliphatic carbocycles. The third kappa shape index (κ3) is 6.76. The third-order valence-corrected chi connectivity index (χ3v) is 3.09. The van der Waals surface area contributed by atoms with Gasteiger partial charge in [0.1, 0.15) is 5.60 Å². The first kappa shape index (κ1) is 18.4. The summed E-state index contributed by atoms with van der Waals surface area (Å²) in [4.78, 5) is 25.3. The Labute approximate surface area is 139 Å². The van der Waals surface area contributed by atoms with E-state index in [1.165, 1.54) is 4.90 Å². The van der Waals surface area contributed by atoms with Gasteiger partial charge in [0.15, 0.2) is 0 Å². The highest BCUT2D eigenvalue weighted by molar-refractivity contribution is 6.76. The second-order valence-electron chi connectivity index (χ2n) is 5.72. The fraction of sp³-hybridized carbons (Fsp3) is 0.692. The summed E-state index contributed by atoms with van der Waals surface area (Å²) in [7, 11) is 0. The number of alkyl halides is 3. The van der Waals surface area contributed by atoms with Crippen molar-refractivity contribution in [2.45, 2.75) is 42.6 Å². The molecular formula is C13H19Cl3N2O3. The number of carbonyl (C=O) groups is 2. The molecule has 1 N–H and O–H groups in total. The Balaban J connectivity index is 2.67. The van der Waals surface area contributed by atoms with Crippen LogP contribution in [0.5, 0.6) is 0 Å². The van der Waals surface area contributed by atoms with E-state index in [9.17, 15) is 9.59 Å². The molecule has 0 fully saturated rings. The minimum atomic E-state index is -2.03. The summed E-state index contributed by atoms with van der Waals surface area (Å²) in [6.45, 7) is 6.15. The summed E-state index contributed by atoms with van der Waals surface area (Å²) in [5, 5.41) is 2.58. The minimum Gasteiger partial charge on any atom is -0.444 e. The maximum Gasteiger partial charge on any atom is 0.410 e. The van der Waals surface area contributed by atoms with E-state index in [0.29, 0.717) is 13.0 Å². The molecule has 0 saturated carbocycles. The van der Waals surface area contributed by atoms with E-state index in [-0.39, 0.29) is 6.54 Å². The van der Waals surface area contributed by atoms with Crippen LogP contribution in [0.3, 0.4) is 0 Å². The number of hydrogen-bond acceptors (Lipinski definition) is 3. The van der Waals surface area contributed by atoms with E-state index in [0.717, 1.165) is 0 Å². The lowest BCUT2D eigenvalue weighted by Gasteiger charge is -2.28. The van der Waals surface area contributed by atoms with Gasteiger partial charge >= 0.3 is 6.09 Å². The van der Waals surface area contributed by atoms with Crippen molar-refractivity contribution in [2.75, 3.05) is 13.1 Å². The lowest BCUT2D eigenvalue weighted by molar-refractivity contribution is -0.120. The van der Waals surface area contributed by atoms with E-state index >= 15 is 0 Å². The Kier molecular flexibility index (Phi) is 6.20. The Hall–Kier alpha value is -0.650. The first-order valence-corrected chi connectivity index (χ1v) is 7.65. The Morgan fingerprint density at radius 1 is 1.29 bits per heavy atom. The molecular weight excluding hydrogens is 339 g/mol. The van der Waals surface area contributed by atoms with Crippen molar-refractivity contribution in [3.63, 3.8) is 0 Å². The zero-order valence-corrected chi connectivity index (χ0v) is 14.4. The lowest BCUT2D eigenvalue weighted by atomic mass is 10.2. The smallest absolute Gasteiger partial charge is 0.410 e. The van der Waals surface area contributed by atoms with Crippen LogP contribution < -0.4 is 5.32 Å². The largest absolute Gasteiger partial charge is 0.444 e. The molecule has 1 unspecified atom stereocenters. The number of halogens is 3. The second-order valence-corrected chi connectivity index (χ2v) is 8.00. The molecule has 1 atom stereocenters. The summed E-state index contributed by atoms with van der Waals surface area (Å²) < 4.78 is 3.29. The average Bonchev–Trinajstić information content (AvgIpc) is 2.51. The first-order chi connectivity index (χ1) is 9.49. The molecule has 1 heterocycles. The van der Waals surface area contributed by atoms with E-state index in [2.05, 4.69) is 5.32 Å². The number of nitrogens with zero attached hydrogens (tertiary/aromatic N) is 1. The number of nitrogens with one attached hydrogen (secondary N) is 1. The molecule has 0 aromatic carbocycles. The van der Waals surface area contributed by atoms with Crippen molar-refractivity contribution < 1.29 is 14.3 Å². The maximum atomic E-state index is 12.1. The van der Waals surface area contributed by atoms with Crippen LogP contribution in [0.15, 0.2) is 12.2 Å². The molecule has 120 valence electrons. The first-order valence-electron chi connectivity index (χ1n) is 6.51. The van der Waals surface area contributed by atoms with Gasteiger partial charge in [-0.05, 0) is 27.2 Å². The molecule has 0 aromatic heterocycles. The Bertz CT molecular complexity index is 427. The predicted octanol–water partition coefficient (Wildman–Crippen LogP) is 3.04. The van der Waals surface area contributed by atoms with Gasteiger partial charge < -0.3 is 15.0 Å². The van der Waals surface area contributed by atoms with Crippen molar-refractivity contribution in [1.29, 1.82) is 0 Å². The van der Waals surface area contributed by atoms with Crippen LogP contribution >= 0.6 is 34.8 Å². The van der Waals surface area contributed by atoms with Gasteiger partial charge in [-0.1, -0.05) is 47.0 Å². The van der Waals surface area contributed by atoms with E-state index in [4.69, 9.17) is 39.5 Å². The lowest BCUT2D eigenvalue weighted by Crippen LogP contribution is -2.48. The standard InChI is InChI=1S/C13H19Cl3N2O3/c1-12(2,3)21-11(20)18-7-5-4-6-9(8-18)17-10(19)13(14,15)16/h4,6,9H,5,7-8H2,1-3H3,(H,17,19). The number of rotatable bonds is 1. The molecule has 0 bridgehead atoms. The number of ether oxygens (including phenoxy) is 1. The molecule has 2 amide bonds. The predicted molar refractivity (Wildman–Crippen MR) is 83.8 cm³/mol. The molecule has 0 radical (unpaired) electrons. The molecule has 0 spiro atoms. The summed E-state index contributed by atoms with van der Waals surface area (Å²) in [6, 6.07) is -0.428. The van der Waals surface area contributed by atoms with E-state index in [1.807, 2.05) is 6.08 Å². The van der Waals surface area contributed by atoms with Gasteiger partial charge in [-0.25, -0.2) is 4.79 Å². The van der Waals surface area contributed by atoms with Gasteiger partial charge in [0, 0.05) is 13.1 Å². The van der Waals surface area contributed by atoms with Crippen LogP contribution in [-0.2, 0) is 9.53 Å². The molecule has 8 heteroatoms. The third-order valence-electron chi connectivity index (χ3n) is 2.58. The summed E-state index contributed by atoms with van der Waals surface area (Å²) in [6.07, 6.45) is 3.88. The van der Waals surface area contributed by atoms with Crippen LogP contribution in [0.2, 0.25) is 0 Å². The van der Waals surface area contributed by atoms with Crippen molar-refractivity contribution in [1.82, 2.24) is 10.2 Å². The monoisotopic (exact) mass is 356 g/mol. The fourth-order valence-electron chi connectivity index (χ4n) is 1.72. The van der Waals surface area contributed by atoms with Gasteiger partial charge in [0.05, 0.1) is 6.04 Å². The van der Waals surface area contributed by atoms with Gasteiger partial charge in [-0.2, -0.15) is 0 Å². The molecule has 21 heavy (non-hydrogen) atoms. The average molecular weight is 358 g/mol. The number of hydrogen-bond donors (Lipinski definition) is 1. The number of carbonyl (C=O) groups excluding carboxylic acids is 2. The molecule has 0 aromatic rings. The van der Waals surface area contributed by atoms with E-state index in [1.54, 1.807) is 26.8 Å². The minimum absolute atomic E-state index is 0.262. The normalized spacial score (nSPS) is 19.9. The fourth-order valence-corrected chi connectivity index (χ4v) is 1.88. The van der Waals surface area contributed by atoms with Crippen molar-refractivity contribution >= 4 is 46.8 Å². The topological polar surface area (TPSA) is 58.6 Å². The zero-order valence-electron chi connectivity index (χ0n) is 12.2. The summed E-state index contributed by atoms with van der Waals surface area (Å²) in [5.74, 6) is -0.729. The highest BCUT2D eigenvalue weighted by atomic mass is 35.6. The van der Waals surface area contributed by atoms with Crippen molar-refractivity contribution in [2.24, 2.45) is 0 Å².